The minimum atomic E-state index is -0.397. The lowest BCUT2D eigenvalue weighted by atomic mass is 10.2. The monoisotopic (exact) mass is 364 g/mol. The summed E-state index contributed by atoms with van der Waals surface area (Å²) in [7, 11) is 0. The van der Waals surface area contributed by atoms with Crippen LogP contribution >= 0.6 is 0 Å². The normalized spacial score (nSPS) is 17.7. The van der Waals surface area contributed by atoms with Gasteiger partial charge in [-0.2, -0.15) is 10.1 Å². The average Bonchev–Trinajstić information content (AvgIpc) is 3.61. The molecular weight excluding hydrogens is 344 g/mol. The standard InChI is InChI=1S/C19H20N6O2/c1-11(22-18(26)16-7-9-21-25(16)14-4-5-14)19-23-17(24-27-19)13-6-8-20-15(10-13)12-2-3-12/h6-12,14H,2-5H2,1H3,(H,22,26). The van der Waals surface area contributed by atoms with E-state index in [-0.39, 0.29) is 5.91 Å². The van der Waals surface area contributed by atoms with Crippen LogP contribution in [-0.4, -0.2) is 30.8 Å². The predicted octanol–water partition coefficient (Wildman–Crippen LogP) is 3.03. The van der Waals surface area contributed by atoms with Crippen LogP contribution in [0.2, 0.25) is 0 Å². The van der Waals surface area contributed by atoms with E-state index in [4.69, 9.17) is 4.52 Å². The highest BCUT2D eigenvalue weighted by molar-refractivity contribution is 5.92. The predicted molar refractivity (Wildman–Crippen MR) is 95.9 cm³/mol. The second-order valence-electron chi connectivity index (χ2n) is 7.29. The van der Waals surface area contributed by atoms with E-state index < -0.39 is 6.04 Å². The molecule has 2 saturated carbocycles. The summed E-state index contributed by atoms with van der Waals surface area (Å²) in [5.74, 6) is 1.26. The van der Waals surface area contributed by atoms with Gasteiger partial charge in [-0.3, -0.25) is 14.5 Å². The summed E-state index contributed by atoms with van der Waals surface area (Å²) in [4.78, 5) is 21.5. The highest BCUT2D eigenvalue weighted by Crippen LogP contribution is 2.39. The van der Waals surface area contributed by atoms with Crippen molar-refractivity contribution in [2.45, 2.75) is 50.6 Å². The molecule has 2 aliphatic carbocycles. The number of carbonyl (C=O) groups is 1. The van der Waals surface area contributed by atoms with Crippen molar-refractivity contribution < 1.29 is 9.32 Å². The highest BCUT2D eigenvalue weighted by Gasteiger charge is 2.29. The van der Waals surface area contributed by atoms with Gasteiger partial charge in [-0.1, -0.05) is 5.16 Å². The van der Waals surface area contributed by atoms with Crippen LogP contribution in [0.1, 0.15) is 72.7 Å². The van der Waals surface area contributed by atoms with Crippen LogP contribution in [0.5, 0.6) is 0 Å². The molecule has 8 nitrogen and oxygen atoms in total. The Morgan fingerprint density at radius 2 is 2.11 bits per heavy atom. The Bertz CT molecular complexity index is 986. The Hall–Kier alpha value is -3.03. The van der Waals surface area contributed by atoms with Crippen LogP contribution in [0, 0.1) is 0 Å². The lowest BCUT2D eigenvalue weighted by Crippen LogP contribution is -2.29. The van der Waals surface area contributed by atoms with Crippen molar-refractivity contribution in [1.29, 1.82) is 0 Å². The Kier molecular flexibility index (Phi) is 3.77. The van der Waals surface area contributed by atoms with Crippen LogP contribution in [-0.2, 0) is 0 Å². The zero-order valence-electron chi connectivity index (χ0n) is 15.0. The molecule has 0 bridgehead atoms. The van der Waals surface area contributed by atoms with Crippen LogP contribution in [0.3, 0.4) is 0 Å². The van der Waals surface area contributed by atoms with Gasteiger partial charge in [0.15, 0.2) is 0 Å². The number of hydrogen-bond donors (Lipinski definition) is 1. The van der Waals surface area contributed by atoms with Crippen LogP contribution in [0.25, 0.3) is 11.4 Å². The molecule has 0 aliphatic heterocycles. The summed E-state index contributed by atoms with van der Waals surface area (Å²) < 4.78 is 7.18. The van der Waals surface area contributed by atoms with E-state index in [0.717, 1.165) is 24.1 Å². The van der Waals surface area contributed by atoms with Gasteiger partial charge in [-0.05, 0) is 50.8 Å². The van der Waals surface area contributed by atoms with Gasteiger partial charge in [-0.15, -0.1) is 0 Å². The SMILES string of the molecule is CC(NC(=O)c1ccnn1C1CC1)c1nc(-c2ccnc(C3CC3)c2)no1. The van der Waals surface area contributed by atoms with E-state index in [0.29, 0.717) is 29.4 Å². The van der Waals surface area contributed by atoms with Crippen molar-refractivity contribution in [3.05, 3.63) is 47.9 Å². The molecule has 138 valence electrons. The summed E-state index contributed by atoms with van der Waals surface area (Å²) in [5.41, 5.74) is 2.52. The number of carbonyl (C=O) groups excluding carboxylic acids is 1. The Morgan fingerprint density at radius 3 is 2.89 bits per heavy atom. The summed E-state index contributed by atoms with van der Waals surface area (Å²) in [6.45, 7) is 1.83. The van der Waals surface area contributed by atoms with Crippen molar-refractivity contribution >= 4 is 5.91 Å². The maximum Gasteiger partial charge on any atom is 0.270 e. The van der Waals surface area contributed by atoms with E-state index in [1.807, 2.05) is 19.1 Å². The molecule has 3 aromatic rings. The first kappa shape index (κ1) is 16.2. The average molecular weight is 364 g/mol. The molecule has 3 aromatic heterocycles. The first-order valence-corrected chi connectivity index (χ1v) is 9.33. The number of aromatic nitrogens is 5. The van der Waals surface area contributed by atoms with Crippen LogP contribution in [0.15, 0.2) is 35.1 Å². The van der Waals surface area contributed by atoms with Gasteiger partial charge in [0.1, 0.15) is 11.7 Å². The fourth-order valence-corrected chi connectivity index (χ4v) is 3.15. The molecule has 3 heterocycles. The van der Waals surface area contributed by atoms with Crippen molar-refractivity contribution in [1.82, 2.24) is 30.2 Å². The van der Waals surface area contributed by atoms with Crippen LogP contribution < -0.4 is 5.32 Å². The van der Waals surface area contributed by atoms with E-state index in [1.165, 1.54) is 12.8 Å². The van der Waals surface area contributed by atoms with Crippen molar-refractivity contribution in [3.63, 3.8) is 0 Å². The molecular formula is C19H20N6O2. The number of pyridine rings is 1. The minimum absolute atomic E-state index is 0.188. The number of nitrogens with zero attached hydrogens (tertiary/aromatic N) is 5. The van der Waals surface area contributed by atoms with Crippen molar-refractivity contribution in [3.8, 4) is 11.4 Å². The molecule has 5 rings (SSSR count). The van der Waals surface area contributed by atoms with Crippen LogP contribution in [0.4, 0.5) is 0 Å². The van der Waals surface area contributed by atoms with E-state index in [2.05, 4.69) is 25.5 Å². The first-order valence-electron chi connectivity index (χ1n) is 9.33. The van der Waals surface area contributed by atoms with Gasteiger partial charge >= 0.3 is 0 Å². The molecule has 0 aromatic carbocycles. The second-order valence-corrected chi connectivity index (χ2v) is 7.29. The molecule has 0 spiro atoms. The van der Waals surface area contributed by atoms with E-state index in [9.17, 15) is 4.79 Å². The topological polar surface area (TPSA) is 98.7 Å². The van der Waals surface area contributed by atoms with Gasteiger partial charge in [0.25, 0.3) is 5.91 Å². The number of hydrogen-bond acceptors (Lipinski definition) is 6. The summed E-state index contributed by atoms with van der Waals surface area (Å²) in [6.07, 6.45) is 7.95. The van der Waals surface area contributed by atoms with Crippen molar-refractivity contribution in [2.24, 2.45) is 0 Å². The Balaban J connectivity index is 1.31. The Labute approximate surface area is 156 Å². The first-order chi connectivity index (χ1) is 13.2. The van der Waals surface area contributed by atoms with Gasteiger partial charge < -0.3 is 9.84 Å². The molecule has 0 saturated heterocycles. The molecule has 1 atom stereocenters. The van der Waals surface area contributed by atoms with E-state index in [1.54, 1.807) is 23.1 Å². The third-order valence-electron chi connectivity index (χ3n) is 4.99. The summed E-state index contributed by atoms with van der Waals surface area (Å²) >= 11 is 0. The summed E-state index contributed by atoms with van der Waals surface area (Å²) in [5, 5.41) is 11.2. The summed E-state index contributed by atoms with van der Waals surface area (Å²) in [6, 6.07) is 5.57. The molecule has 2 aliphatic rings. The highest BCUT2D eigenvalue weighted by atomic mass is 16.5. The van der Waals surface area contributed by atoms with Crippen molar-refractivity contribution in [2.75, 3.05) is 0 Å². The molecule has 1 amide bonds. The fourth-order valence-electron chi connectivity index (χ4n) is 3.15. The molecule has 2 fully saturated rings. The zero-order chi connectivity index (χ0) is 18.4. The van der Waals surface area contributed by atoms with Gasteiger partial charge in [0, 0.05) is 29.6 Å². The molecule has 1 unspecified atom stereocenters. The Morgan fingerprint density at radius 1 is 1.26 bits per heavy atom. The number of rotatable bonds is 6. The molecule has 27 heavy (non-hydrogen) atoms. The maximum atomic E-state index is 12.6. The largest absolute Gasteiger partial charge is 0.339 e. The molecule has 8 heteroatoms. The lowest BCUT2D eigenvalue weighted by Gasteiger charge is -2.10. The molecule has 0 radical (unpaired) electrons. The van der Waals surface area contributed by atoms with Gasteiger partial charge in [-0.25, -0.2) is 0 Å². The number of nitrogens with one attached hydrogen (secondary N) is 1. The van der Waals surface area contributed by atoms with Gasteiger partial charge in [0.2, 0.25) is 11.7 Å². The number of amides is 1. The fraction of sp³-hybridized carbons (Fsp3) is 0.421. The molecule has 1 N–H and O–H groups in total. The lowest BCUT2D eigenvalue weighted by molar-refractivity contribution is 0.0921. The van der Waals surface area contributed by atoms with Gasteiger partial charge in [0.05, 0.1) is 6.04 Å². The smallest absolute Gasteiger partial charge is 0.270 e. The maximum absolute atomic E-state index is 12.6. The third-order valence-corrected chi connectivity index (χ3v) is 4.99. The quantitative estimate of drug-likeness (QED) is 0.722. The second kappa shape index (κ2) is 6.29. The third kappa shape index (κ3) is 3.22. The van der Waals surface area contributed by atoms with E-state index >= 15 is 0 Å². The minimum Gasteiger partial charge on any atom is -0.339 e. The zero-order valence-corrected chi connectivity index (χ0v) is 15.0.